The Morgan fingerprint density at radius 3 is 2.51 bits per heavy atom. The standard InChI is InChI=1S/C29H41N3O6S/c1-29(2,3)15-24(19-30(4)5)31(18-23-10-7-11-26-27(23)38-20-37-26)16-21-8-6-9-22(14-21)17-32-25(28(33)34)12-13-39(32,35)36/h6-11,14,24-25H,12-13,15-20H2,1-5H3,(H,33,34)/t24-,25?/m0/s1. The maximum Gasteiger partial charge on any atom is 0.322 e. The number of carboxylic acids is 1. The van der Waals surface area contributed by atoms with Crippen LogP contribution in [0.2, 0.25) is 0 Å². The molecule has 2 aliphatic rings. The third kappa shape index (κ3) is 7.51. The van der Waals surface area contributed by atoms with Crippen LogP contribution in [0.3, 0.4) is 0 Å². The van der Waals surface area contributed by atoms with Crippen molar-refractivity contribution in [3.8, 4) is 11.5 Å². The topological polar surface area (TPSA) is 99.6 Å². The van der Waals surface area contributed by atoms with Crippen LogP contribution in [0.1, 0.15) is 50.3 Å². The van der Waals surface area contributed by atoms with Gasteiger partial charge in [-0.1, -0.05) is 57.2 Å². The molecule has 214 valence electrons. The van der Waals surface area contributed by atoms with E-state index in [4.69, 9.17) is 9.47 Å². The molecule has 2 heterocycles. The van der Waals surface area contributed by atoms with Gasteiger partial charge in [0.25, 0.3) is 0 Å². The zero-order valence-corrected chi connectivity index (χ0v) is 24.4. The first-order chi connectivity index (χ1) is 18.3. The van der Waals surface area contributed by atoms with Crippen LogP contribution >= 0.6 is 0 Å². The molecule has 2 aromatic rings. The minimum absolute atomic E-state index is 0.0492. The van der Waals surface area contributed by atoms with E-state index in [-0.39, 0.29) is 37.0 Å². The second-order valence-electron chi connectivity index (χ2n) is 12.1. The first-order valence-electron chi connectivity index (χ1n) is 13.4. The SMILES string of the molecule is CN(C)C[C@H](CC(C)(C)C)N(Cc1cccc(CN2C(C(=O)O)CCS2(=O)=O)c1)Cc1cccc2c1OCO2. The van der Waals surface area contributed by atoms with Gasteiger partial charge in [-0.15, -0.1) is 0 Å². The number of ether oxygens (including phenoxy) is 2. The van der Waals surface area contributed by atoms with Crippen molar-refractivity contribution in [2.45, 2.75) is 65.3 Å². The van der Waals surface area contributed by atoms with Crippen LogP contribution < -0.4 is 9.47 Å². The van der Waals surface area contributed by atoms with E-state index in [1.807, 2.05) is 36.4 Å². The molecule has 10 heteroatoms. The summed E-state index contributed by atoms with van der Waals surface area (Å²) in [4.78, 5) is 16.4. The summed E-state index contributed by atoms with van der Waals surface area (Å²) in [5.74, 6) is 0.307. The van der Waals surface area contributed by atoms with Gasteiger partial charge in [0, 0.05) is 37.8 Å². The van der Waals surface area contributed by atoms with Gasteiger partial charge >= 0.3 is 5.97 Å². The maximum absolute atomic E-state index is 12.6. The predicted octanol–water partition coefficient (Wildman–Crippen LogP) is 3.77. The van der Waals surface area contributed by atoms with Gasteiger partial charge in [-0.2, -0.15) is 4.31 Å². The number of carbonyl (C=O) groups is 1. The summed E-state index contributed by atoms with van der Waals surface area (Å²) in [7, 11) is 0.570. The summed E-state index contributed by atoms with van der Waals surface area (Å²) >= 11 is 0. The number of benzene rings is 2. The summed E-state index contributed by atoms with van der Waals surface area (Å²) in [5.41, 5.74) is 2.99. The first-order valence-corrected chi connectivity index (χ1v) is 15.0. The van der Waals surface area contributed by atoms with Crippen molar-refractivity contribution in [1.82, 2.24) is 14.1 Å². The fourth-order valence-corrected chi connectivity index (χ4v) is 7.18. The number of likely N-dealkylation sites (N-methyl/N-ethyl adjacent to an activating group) is 1. The minimum atomic E-state index is -3.60. The lowest BCUT2D eigenvalue weighted by Crippen LogP contribution is -2.43. The van der Waals surface area contributed by atoms with Gasteiger partial charge in [-0.05, 0) is 49.5 Å². The fraction of sp³-hybridized carbons (Fsp3) is 0.552. The largest absolute Gasteiger partial charge is 0.480 e. The molecule has 0 bridgehead atoms. The van der Waals surface area contributed by atoms with E-state index >= 15 is 0 Å². The molecule has 1 fully saturated rings. The number of fused-ring (bicyclic) bond motifs is 1. The molecule has 0 amide bonds. The smallest absolute Gasteiger partial charge is 0.322 e. The molecular weight excluding hydrogens is 518 g/mol. The van der Waals surface area contributed by atoms with Crippen LogP contribution in [0.5, 0.6) is 11.5 Å². The number of hydrogen-bond donors (Lipinski definition) is 1. The van der Waals surface area contributed by atoms with Gasteiger partial charge in [0.15, 0.2) is 11.5 Å². The molecule has 0 aliphatic carbocycles. The third-order valence-electron chi connectivity index (χ3n) is 7.15. The molecule has 4 rings (SSSR count). The second kappa shape index (κ2) is 11.8. The first kappa shape index (κ1) is 29.3. The predicted molar refractivity (Wildman–Crippen MR) is 150 cm³/mol. The average molecular weight is 560 g/mol. The lowest BCUT2D eigenvalue weighted by atomic mass is 9.87. The van der Waals surface area contributed by atoms with Crippen molar-refractivity contribution >= 4 is 16.0 Å². The Labute approximate surface area is 232 Å². The molecule has 0 saturated carbocycles. The molecule has 0 spiro atoms. The molecule has 0 aromatic heterocycles. The molecular formula is C29H41N3O6S. The van der Waals surface area contributed by atoms with Crippen molar-refractivity contribution in [2.24, 2.45) is 5.41 Å². The average Bonchev–Trinajstić information content (AvgIpc) is 3.42. The van der Waals surface area contributed by atoms with Gasteiger partial charge in [-0.3, -0.25) is 9.69 Å². The summed E-state index contributed by atoms with van der Waals surface area (Å²) in [6, 6.07) is 13.0. The zero-order valence-electron chi connectivity index (χ0n) is 23.6. The van der Waals surface area contributed by atoms with Crippen LogP contribution in [-0.2, 0) is 34.5 Å². The van der Waals surface area contributed by atoms with Crippen LogP contribution in [0.25, 0.3) is 0 Å². The van der Waals surface area contributed by atoms with Crippen molar-refractivity contribution in [3.63, 3.8) is 0 Å². The lowest BCUT2D eigenvalue weighted by molar-refractivity contribution is -0.141. The molecule has 39 heavy (non-hydrogen) atoms. The summed E-state index contributed by atoms with van der Waals surface area (Å²) in [6.07, 6.45) is 1.08. The van der Waals surface area contributed by atoms with E-state index < -0.39 is 22.0 Å². The van der Waals surface area contributed by atoms with E-state index in [1.165, 1.54) is 0 Å². The van der Waals surface area contributed by atoms with Crippen molar-refractivity contribution in [2.75, 3.05) is 33.2 Å². The monoisotopic (exact) mass is 559 g/mol. The number of sulfonamides is 1. The molecule has 2 aromatic carbocycles. The molecule has 1 N–H and O–H groups in total. The molecule has 2 atom stereocenters. The summed E-state index contributed by atoms with van der Waals surface area (Å²) < 4.78 is 37.8. The van der Waals surface area contributed by atoms with E-state index in [1.54, 1.807) is 0 Å². The Morgan fingerprint density at radius 1 is 1.10 bits per heavy atom. The van der Waals surface area contributed by atoms with Gasteiger partial charge in [0.05, 0.1) is 5.75 Å². The normalized spacial score (nSPS) is 19.6. The Hall–Kier alpha value is -2.66. The Morgan fingerprint density at radius 2 is 1.82 bits per heavy atom. The van der Waals surface area contributed by atoms with Crippen molar-refractivity contribution in [3.05, 3.63) is 59.2 Å². The maximum atomic E-state index is 12.6. The minimum Gasteiger partial charge on any atom is -0.480 e. The Bertz CT molecular complexity index is 1270. The van der Waals surface area contributed by atoms with E-state index in [0.29, 0.717) is 13.1 Å². The van der Waals surface area contributed by atoms with Crippen LogP contribution in [-0.4, -0.2) is 78.9 Å². The van der Waals surface area contributed by atoms with E-state index in [2.05, 4.69) is 50.7 Å². The highest BCUT2D eigenvalue weighted by atomic mass is 32.2. The number of para-hydroxylation sites is 1. The van der Waals surface area contributed by atoms with Crippen LogP contribution in [0.4, 0.5) is 0 Å². The Balaban J connectivity index is 1.63. The lowest BCUT2D eigenvalue weighted by Gasteiger charge is -2.37. The molecule has 1 saturated heterocycles. The molecule has 2 aliphatic heterocycles. The Kier molecular flexibility index (Phi) is 8.90. The molecule has 9 nitrogen and oxygen atoms in total. The third-order valence-corrected chi connectivity index (χ3v) is 9.00. The number of rotatable bonds is 11. The molecule has 0 radical (unpaired) electrons. The zero-order chi connectivity index (χ0) is 28.4. The van der Waals surface area contributed by atoms with E-state index in [0.717, 1.165) is 45.5 Å². The van der Waals surface area contributed by atoms with Gasteiger partial charge in [0.1, 0.15) is 6.04 Å². The highest BCUT2D eigenvalue weighted by Crippen LogP contribution is 2.37. The number of carboxylic acid groups (broad SMARTS) is 1. The fourth-order valence-electron chi connectivity index (χ4n) is 5.50. The second-order valence-corrected chi connectivity index (χ2v) is 14.1. The highest BCUT2D eigenvalue weighted by Gasteiger charge is 2.41. The van der Waals surface area contributed by atoms with Crippen LogP contribution in [0.15, 0.2) is 42.5 Å². The quantitative estimate of drug-likeness (QED) is 0.444. The van der Waals surface area contributed by atoms with Gasteiger partial charge < -0.3 is 19.5 Å². The van der Waals surface area contributed by atoms with Crippen LogP contribution in [0, 0.1) is 5.41 Å². The van der Waals surface area contributed by atoms with Crippen molar-refractivity contribution in [1.29, 1.82) is 0 Å². The van der Waals surface area contributed by atoms with Crippen molar-refractivity contribution < 1.29 is 27.8 Å². The highest BCUT2D eigenvalue weighted by molar-refractivity contribution is 7.89. The van der Waals surface area contributed by atoms with Gasteiger partial charge in [-0.25, -0.2) is 8.42 Å². The number of nitrogens with zero attached hydrogens (tertiary/aromatic N) is 3. The summed E-state index contributed by atoms with van der Waals surface area (Å²) in [6.45, 7) is 9.19. The summed E-state index contributed by atoms with van der Waals surface area (Å²) in [5, 5.41) is 9.56. The molecule has 1 unspecified atom stereocenters. The number of aliphatic carboxylic acids is 1. The number of hydrogen-bond acceptors (Lipinski definition) is 7. The van der Waals surface area contributed by atoms with Gasteiger partial charge in [0.2, 0.25) is 16.8 Å². The van der Waals surface area contributed by atoms with E-state index in [9.17, 15) is 18.3 Å².